The molecule has 0 spiro atoms. The number of carboxylic acid groups (broad SMARTS) is 1. The zero-order valence-electron chi connectivity index (χ0n) is 11.2. The quantitative estimate of drug-likeness (QED) is 0.677. The molecule has 1 heterocycles. The number of hydrogen-bond acceptors (Lipinski definition) is 4. The predicted octanol–water partition coefficient (Wildman–Crippen LogP) is 1.81. The van der Waals surface area contributed by atoms with E-state index in [-0.39, 0.29) is 13.0 Å². The topological polar surface area (TPSA) is 101 Å². The third kappa shape index (κ3) is 2.44. The highest BCUT2D eigenvalue weighted by molar-refractivity contribution is 6.01. The van der Waals surface area contributed by atoms with Crippen molar-refractivity contribution in [3.63, 3.8) is 0 Å². The summed E-state index contributed by atoms with van der Waals surface area (Å²) in [5, 5.41) is 20.2. The van der Waals surface area contributed by atoms with Crippen molar-refractivity contribution in [1.82, 2.24) is 4.90 Å². The number of halogens is 1. The van der Waals surface area contributed by atoms with Crippen LogP contribution in [0.3, 0.4) is 0 Å². The predicted molar refractivity (Wildman–Crippen MR) is 69.4 cm³/mol. The third-order valence-electron chi connectivity index (χ3n) is 3.73. The van der Waals surface area contributed by atoms with Gasteiger partial charge in [-0.05, 0) is 31.9 Å². The lowest BCUT2D eigenvalue weighted by molar-refractivity contribution is -0.385. The maximum Gasteiger partial charge on any atom is 0.329 e. The Morgan fingerprint density at radius 3 is 2.71 bits per heavy atom. The minimum absolute atomic E-state index is 0.162. The fraction of sp³-hybridized carbons (Fsp3) is 0.385. The number of carbonyl (C=O) groups is 2. The van der Waals surface area contributed by atoms with Gasteiger partial charge in [0.1, 0.15) is 16.9 Å². The number of aliphatic carboxylic acids is 1. The fourth-order valence-corrected chi connectivity index (χ4v) is 2.50. The molecule has 112 valence electrons. The smallest absolute Gasteiger partial charge is 0.329 e. The maximum atomic E-state index is 13.3. The van der Waals surface area contributed by atoms with Gasteiger partial charge in [0.05, 0.1) is 4.92 Å². The van der Waals surface area contributed by atoms with E-state index in [2.05, 4.69) is 0 Å². The number of carbonyl (C=O) groups excluding carboxylic acids is 1. The van der Waals surface area contributed by atoms with Crippen molar-refractivity contribution in [3.05, 3.63) is 39.7 Å². The van der Waals surface area contributed by atoms with E-state index < -0.39 is 39.4 Å². The van der Waals surface area contributed by atoms with Crippen LogP contribution in [0.4, 0.5) is 10.1 Å². The molecule has 2 rings (SSSR count). The van der Waals surface area contributed by atoms with Crippen molar-refractivity contribution < 1.29 is 24.0 Å². The van der Waals surface area contributed by atoms with Gasteiger partial charge in [0.2, 0.25) is 0 Å². The van der Waals surface area contributed by atoms with Gasteiger partial charge in [0, 0.05) is 12.6 Å². The summed E-state index contributed by atoms with van der Waals surface area (Å²) in [5.41, 5.74) is -2.41. The van der Waals surface area contributed by atoms with Gasteiger partial charge < -0.3 is 10.0 Å². The first-order valence-electron chi connectivity index (χ1n) is 6.26. The van der Waals surface area contributed by atoms with Crippen LogP contribution in [0, 0.1) is 15.9 Å². The van der Waals surface area contributed by atoms with Crippen LogP contribution >= 0.6 is 0 Å². The van der Waals surface area contributed by atoms with Crippen molar-refractivity contribution in [2.75, 3.05) is 6.54 Å². The number of amides is 1. The van der Waals surface area contributed by atoms with Crippen LogP contribution in [0.15, 0.2) is 18.2 Å². The average molecular weight is 296 g/mol. The van der Waals surface area contributed by atoms with Crippen LogP contribution in [0.1, 0.15) is 30.1 Å². The Hall–Kier alpha value is -2.51. The van der Waals surface area contributed by atoms with Crippen molar-refractivity contribution in [1.29, 1.82) is 0 Å². The number of rotatable bonds is 3. The number of benzene rings is 1. The molecule has 1 aromatic carbocycles. The van der Waals surface area contributed by atoms with Crippen LogP contribution in [0.2, 0.25) is 0 Å². The standard InChI is InChI=1S/C13H13FN2O5/c1-13(12(18)19)5-2-6-15(13)11(17)9-7-8(14)3-4-10(9)16(20)21/h3-4,7H,2,5-6H2,1H3,(H,18,19). The molecule has 0 aliphatic carbocycles. The molecule has 1 atom stereocenters. The van der Waals surface area contributed by atoms with Crippen molar-refractivity contribution in [3.8, 4) is 0 Å². The van der Waals surface area contributed by atoms with E-state index in [1.165, 1.54) is 6.92 Å². The Morgan fingerprint density at radius 1 is 1.48 bits per heavy atom. The first-order chi connectivity index (χ1) is 9.77. The number of nitro groups is 1. The van der Waals surface area contributed by atoms with Crippen molar-refractivity contribution in [2.45, 2.75) is 25.3 Å². The van der Waals surface area contributed by atoms with Gasteiger partial charge in [-0.2, -0.15) is 0 Å². The van der Waals surface area contributed by atoms with Gasteiger partial charge in [0.25, 0.3) is 11.6 Å². The summed E-state index contributed by atoms with van der Waals surface area (Å²) in [4.78, 5) is 35.0. The van der Waals surface area contributed by atoms with Gasteiger partial charge in [-0.1, -0.05) is 0 Å². The van der Waals surface area contributed by atoms with E-state index >= 15 is 0 Å². The number of carboxylic acids is 1. The summed E-state index contributed by atoms with van der Waals surface area (Å²) in [6, 6.07) is 2.55. The minimum atomic E-state index is -1.43. The van der Waals surface area contributed by atoms with Gasteiger partial charge >= 0.3 is 5.97 Å². The lowest BCUT2D eigenvalue weighted by Crippen LogP contribution is -2.50. The maximum absolute atomic E-state index is 13.3. The Bertz CT molecular complexity index is 633. The average Bonchev–Trinajstić information content (AvgIpc) is 2.81. The molecular formula is C13H13FN2O5. The van der Waals surface area contributed by atoms with E-state index in [9.17, 15) is 29.2 Å². The van der Waals surface area contributed by atoms with Gasteiger partial charge in [-0.15, -0.1) is 0 Å². The van der Waals surface area contributed by atoms with E-state index in [1.54, 1.807) is 0 Å². The van der Waals surface area contributed by atoms with Crippen LogP contribution < -0.4 is 0 Å². The van der Waals surface area contributed by atoms with Gasteiger partial charge in [0.15, 0.2) is 0 Å². The molecule has 8 heteroatoms. The van der Waals surface area contributed by atoms with E-state index in [0.717, 1.165) is 23.1 Å². The highest BCUT2D eigenvalue weighted by atomic mass is 19.1. The Morgan fingerprint density at radius 2 is 2.14 bits per heavy atom. The molecule has 1 unspecified atom stereocenters. The minimum Gasteiger partial charge on any atom is -0.480 e. The SMILES string of the molecule is CC1(C(=O)O)CCCN1C(=O)c1cc(F)ccc1[N+](=O)[O-]. The molecule has 21 heavy (non-hydrogen) atoms. The second kappa shape index (κ2) is 5.12. The summed E-state index contributed by atoms with van der Waals surface area (Å²) in [7, 11) is 0. The molecule has 1 aromatic rings. The van der Waals surface area contributed by atoms with Gasteiger partial charge in [-0.25, -0.2) is 9.18 Å². The van der Waals surface area contributed by atoms with E-state index in [1.807, 2.05) is 0 Å². The number of hydrogen-bond donors (Lipinski definition) is 1. The summed E-state index contributed by atoms with van der Waals surface area (Å²) < 4.78 is 13.3. The number of nitro benzene ring substituents is 1. The van der Waals surface area contributed by atoms with Crippen LogP contribution in [0.25, 0.3) is 0 Å². The van der Waals surface area contributed by atoms with E-state index in [4.69, 9.17) is 0 Å². The lowest BCUT2D eigenvalue weighted by atomic mass is 9.98. The Kier molecular flexibility index (Phi) is 3.63. The normalized spacial score (nSPS) is 21.3. The second-order valence-electron chi connectivity index (χ2n) is 5.06. The fourth-order valence-electron chi connectivity index (χ4n) is 2.50. The number of likely N-dealkylation sites (tertiary alicyclic amines) is 1. The molecule has 0 radical (unpaired) electrons. The highest BCUT2D eigenvalue weighted by Crippen LogP contribution is 2.32. The second-order valence-corrected chi connectivity index (χ2v) is 5.06. The molecule has 7 nitrogen and oxygen atoms in total. The summed E-state index contributed by atoms with van der Waals surface area (Å²) in [6.07, 6.45) is 0.717. The summed E-state index contributed by atoms with van der Waals surface area (Å²) in [6.45, 7) is 1.54. The molecule has 1 N–H and O–H groups in total. The molecule has 1 fully saturated rings. The van der Waals surface area contributed by atoms with Crippen LogP contribution in [0.5, 0.6) is 0 Å². The Balaban J connectivity index is 2.47. The molecule has 1 saturated heterocycles. The largest absolute Gasteiger partial charge is 0.480 e. The van der Waals surface area contributed by atoms with Crippen molar-refractivity contribution in [2.24, 2.45) is 0 Å². The van der Waals surface area contributed by atoms with Crippen molar-refractivity contribution >= 4 is 17.6 Å². The molecule has 0 bridgehead atoms. The highest BCUT2D eigenvalue weighted by Gasteiger charge is 2.47. The van der Waals surface area contributed by atoms with E-state index in [0.29, 0.717) is 6.42 Å². The molecular weight excluding hydrogens is 283 g/mol. The van der Waals surface area contributed by atoms with Gasteiger partial charge in [-0.3, -0.25) is 14.9 Å². The molecule has 0 saturated carbocycles. The first kappa shape index (κ1) is 14.9. The summed E-state index contributed by atoms with van der Waals surface area (Å²) >= 11 is 0. The lowest BCUT2D eigenvalue weighted by Gasteiger charge is -2.31. The zero-order chi connectivity index (χ0) is 15.8. The monoisotopic (exact) mass is 296 g/mol. The van der Waals surface area contributed by atoms with Crippen LogP contribution in [-0.2, 0) is 4.79 Å². The third-order valence-corrected chi connectivity index (χ3v) is 3.73. The molecule has 1 aliphatic rings. The number of nitrogens with zero attached hydrogens (tertiary/aromatic N) is 2. The molecule has 1 amide bonds. The zero-order valence-corrected chi connectivity index (χ0v) is 11.2. The molecule has 0 aromatic heterocycles. The first-order valence-corrected chi connectivity index (χ1v) is 6.26. The summed E-state index contributed by atoms with van der Waals surface area (Å²) in [5.74, 6) is -2.82. The molecule has 1 aliphatic heterocycles. The van der Waals surface area contributed by atoms with Crippen LogP contribution in [-0.4, -0.2) is 38.9 Å². The Labute approximate surface area is 119 Å².